The van der Waals surface area contributed by atoms with E-state index in [9.17, 15) is 0 Å². The van der Waals surface area contributed by atoms with Gasteiger partial charge < -0.3 is 24.3 Å². The van der Waals surface area contributed by atoms with Crippen LogP contribution in [0.15, 0.2) is 23.5 Å². The van der Waals surface area contributed by atoms with Gasteiger partial charge in [0, 0.05) is 18.2 Å². The second-order valence-corrected chi connectivity index (χ2v) is 8.32. The minimum absolute atomic E-state index is 0.376. The highest BCUT2D eigenvalue weighted by Crippen LogP contribution is 2.41. The third-order valence-corrected chi connectivity index (χ3v) is 6.05. The molecule has 0 aliphatic carbocycles. The molecule has 0 radical (unpaired) electrons. The van der Waals surface area contributed by atoms with E-state index in [1.807, 2.05) is 38.7 Å². The van der Waals surface area contributed by atoms with Gasteiger partial charge in [-0.1, -0.05) is 11.6 Å². The SMILES string of the molecule is CC1(C)OB(c2cc3c4c(c2Cl)NCN=C4N(CCC#N)C=CO3)OC1(C)C. The lowest BCUT2D eigenvalue weighted by molar-refractivity contribution is 0.00578. The van der Waals surface area contributed by atoms with Gasteiger partial charge in [-0.2, -0.15) is 5.26 Å². The zero-order valence-electron chi connectivity index (χ0n) is 16.4. The van der Waals surface area contributed by atoms with Crippen molar-refractivity contribution in [3.63, 3.8) is 0 Å². The van der Waals surface area contributed by atoms with Gasteiger partial charge in [-0.3, -0.25) is 0 Å². The molecule has 7 nitrogen and oxygen atoms in total. The number of anilines is 1. The fourth-order valence-electron chi connectivity index (χ4n) is 3.38. The second kappa shape index (κ2) is 6.69. The average Bonchev–Trinajstić information content (AvgIpc) is 2.77. The van der Waals surface area contributed by atoms with Crippen LogP contribution in [0.25, 0.3) is 0 Å². The van der Waals surface area contributed by atoms with Gasteiger partial charge in [0.05, 0.1) is 40.0 Å². The quantitative estimate of drug-likeness (QED) is 0.786. The summed E-state index contributed by atoms with van der Waals surface area (Å²) in [5, 5.41) is 12.7. The maximum atomic E-state index is 8.94. The molecule has 1 aromatic carbocycles. The molecule has 1 saturated heterocycles. The van der Waals surface area contributed by atoms with Gasteiger partial charge in [0.2, 0.25) is 0 Å². The van der Waals surface area contributed by atoms with Crippen LogP contribution in [0.2, 0.25) is 5.02 Å². The maximum Gasteiger partial charge on any atom is 0.496 e. The average molecular weight is 401 g/mol. The van der Waals surface area contributed by atoms with E-state index in [1.54, 1.807) is 12.5 Å². The van der Waals surface area contributed by atoms with E-state index < -0.39 is 18.3 Å². The van der Waals surface area contributed by atoms with Crippen LogP contribution in [0.4, 0.5) is 5.69 Å². The number of nitrogens with zero attached hydrogens (tertiary/aromatic N) is 3. The molecule has 1 N–H and O–H groups in total. The molecule has 0 atom stereocenters. The van der Waals surface area contributed by atoms with Crippen LogP contribution >= 0.6 is 11.6 Å². The highest BCUT2D eigenvalue weighted by molar-refractivity contribution is 6.66. The Bertz CT molecular complexity index is 907. The van der Waals surface area contributed by atoms with E-state index in [1.165, 1.54) is 0 Å². The van der Waals surface area contributed by atoms with Gasteiger partial charge in [-0.15, -0.1) is 0 Å². The zero-order chi connectivity index (χ0) is 20.1. The molecule has 146 valence electrons. The molecule has 0 spiro atoms. The topological polar surface area (TPSA) is 79.1 Å². The Morgan fingerprint density at radius 1 is 1.32 bits per heavy atom. The zero-order valence-corrected chi connectivity index (χ0v) is 17.1. The van der Waals surface area contributed by atoms with Crippen molar-refractivity contribution in [3.05, 3.63) is 29.1 Å². The first-order valence-electron chi connectivity index (χ1n) is 9.23. The van der Waals surface area contributed by atoms with Gasteiger partial charge in [-0.05, 0) is 33.8 Å². The number of nitriles is 1. The van der Waals surface area contributed by atoms with Crippen molar-refractivity contribution >= 4 is 35.7 Å². The second-order valence-electron chi connectivity index (χ2n) is 7.94. The van der Waals surface area contributed by atoms with Crippen molar-refractivity contribution in [2.75, 3.05) is 18.5 Å². The van der Waals surface area contributed by atoms with E-state index in [2.05, 4.69) is 16.4 Å². The van der Waals surface area contributed by atoms with Crippen molar-refractivity contribution in [1.29, 1.82) is 5.26 Å². The van der Waals surface area contributed by atoms with Crippen molar-refractivity contribution in [3.8, 4) is 11.8 Å². The molecule has 1 aromatic rings. The fourth-order valence-corrected chi connectivity index (χ4v) is 3.69. The summed E-state index contributed by atoms with van der Waals surface area (Å²) < 4.78 is 18.2. The lowest BCUT2D eigenvalue weighted by Crippen LogP contribution is -2.41. The molecular weight excluding hydrogens is 378 g/mol. The molecule has 28 heavy (non-hydrogen) atoms. The number of ether oxygens (including phenoxy) is 1. The van der Waals surface area contributed by atoms with Crippen molar-refractivity contribution in [2.45, 2.75) is 45.3 Å². The Morgan fingerprint density at radius 3 is 2.71 bits per heavy atom. The Labute approximate surface area is 170 Å². The molecular formula is C19H22BClN4O3. The predicted molar refractivity (Wildman–Crippen MR) is 109 cm³/mol. The first-order chi connectivity index (χ1) is 13.2. The van der Waals surface area contributed by atoms with Crippen molar-refractivity contribution in [2.24, 2.45) is 4.99 Å². The maximum absolute atomic E-state index is 8.94. The van der Waals surface area contributed by atoms with E-state index >= 15 is 0 Å². The fraction of sp³-hybridized carbons (Fsp3) is 0.474. The molecule has 0 unspecified atom stereocenters. The molecule has 0 amide bonds. The number of halogens is 1. The summed E-state index contributed by atoms with van der Waals surface area (Å²) in [4.78, 5) is 6.49. The summed E-state index contributed by atoms with van der Waals surface area (Å²) in [5.41, 5.74) is 1.28. The van der Waals surface area contributed by atoms with Crippen LogP contribution in [0, 0.1) is 11.3 Å². The van der Waals surface area contributed by atoms with Crippen molar-refractivity contribution in [1.82, 2.24) is 4.90 Å². The largest absolute Gasteiger partial charge is 0.496 e. The third-order valence-electron chi connectivity index (χ3n) is 5.64. The highest BCUT2D eigenvalue weighted by atomic mass is 35.5. The van der Waals surface area contributed by atoms with Crippen LogP contribution in [0.1, 0.15) is 39.7 Å². The van der Waals surface area contributed by atoms with Gasteiger partial charge >= 0.3 is 7.12 Å². The van der Waals surface area contributed by atoms with Gasteiger partial charge in [0.25, 0.3) is 0 Å². The number of rotatable bonds is 3. The molecule has 3 heterocycles. The van der Waals surface area contributed by atoms with E-state index in [0.717, 1.165) is 17.1 Å². The van der Waals surface area contributed by atoms with Gasteiger partial charge in [0.1, 0.15) is 24.5 Å². The molecule has 0 saturated carbocycles. The summed E-state index contributed by atoms with van der Waals surface area (Å²) in [7, 11) is -0.603. The van der Waals surface area contributed by atoms with Crippen LogP contribution < -0.4 is 15.5 Å². The molecule has 0 aromatic heterocycles. The van der Waals surface area contributed by atoms with E-state index in [4.69, 9.17) is 30.9 Å². The lowest BCUT2D eigenvalue weighted by atomic mass is 9.77. The van der Waals surface area contributed by atoms with Crippen LogP contribution in [-0.2, 0) is 9.31 Å². The molecule has 3 aliphatic rings. The first-order valence-corrected chi connectivity index (χ1v) is 9.60. The third kappa shape index (κ3) is 2.94. The Balaban J connectivity index is 1.78. The lowest BCUT2D eigenvalue weighted by Gasteiger charge is -2.32. The number of hydrogen-bond acceptors (Lipinski definition) is 7. The van der Waals surface area contributed by atoms with Crippen LogP contribution in [-0.4, -0.2) is 42.3 Å². The summed E-state index contributed by atoms with van der Waals surface area (Å²) in [6.45, 7) is 8.91. The minimum Gasteiger partial charge on any atom is -0.463 e. The molecule has 3 aliphatic heterocycles. The van der Waals surface area contributed by atoms with Gasteiger partial charge in [-0.25, -0.2) is 4.99 Å². The number of amidine groups is 1. The molecule has 4 rings (SSSR count). The Hall–Kier alpha value is -2.21. The number of benzene rings is 1. The smallest absolute Gasteiger partial charge is 0.463 e. The summed E-state index contributed by atoms with van der Waals surface area (Å²) in [6, 6.07) is 4.01. The number of nitrogens with one attached hydrogen (secondary N) is 1. The first kappa shape index (κ1) is 19.1. The van der Waals surface area contributed by atoms with Gasteiger partial charge in [0.15, 0.2) is 0 Å². The van der Waals surface area contributed by atoms with Crippen LogP contribution in [0.5, 0.6) is 5.75 Å². The summed E-state index contributed by atoms with van der Waals surface area (Å²) >= 11 is 6.79. The Morgan fingerprint density at radius 2 is 2.04 bits per heavy atom. The molecule has 0 bridgehead atoms. The van der Waals surface area contributed by atoms with E-state index in [0.29, 0.717) is 35.9 Å². The molecule has 1 fully saturated rings. The Kier molecular flexibility index (Phi) is 4.57. The normalized spacial score (nSPS) is 21.2. The highest BCUT2D eigenvalue weighted by Gasteiger charge is 2.52. The minimum atomic E-state index is -0.603. The van der Waals surface area contributed by atoms with Crippen LogP contribution in [0.3, 0.4) is 0 Å². The summed E-state index contributed by atoms with van der Waals surface area (Å²) in [6.07, 6.45) is 3.75. The van der Waals surface area contributed by atoms with Crippen molar-refractivity contribution < 1.29 is 14.0 Å². The monoisotopic (exact) mass is 400 g/mol. The standard InChI is InChI=1S/C19H22BClN4O3/c1-18(2)19(3,4)28-20(27-18)12-10-13-14-16(15(12)21)23-11-24-17(14)25(7-5-6-22)8-9-26-13/h8-10,23H,5,7,11H2,1-4H3. The number of hydrogen-bond donors (Lipinski definition) is 1. The molecule has 9 heteroatoms. The predicted octanol–water partition coefficient (Wildman–Crippen LogP) is 2.85. The summed E-state index contributed by atoms with van der Waals surface area (Å²) in [5.74, 6) is 1.35. The van der Waals surface area contributed by atoms with E-state index in [-0.39, 0.29) is 0 Å². The number of aliphatic imine (C=N–C) groups is 1.